The maximum atomic E-state index is 14.4. The molecule has 0 aliphatic carbocycles. The van der Waals surface area contributed by atoms with Crippen LogP contribution in [0, 0.1) is 12.8 Å². The van der Waals surface area contributed by atoms with E-state index in [9.17, 15) is 22.8 Å². The molecule has 43 heavy (non-hydrogen) atoms. The Morgan fingerprint density at radius 3 is 2.33 bits per heavy atom. The van der Waals surface area contributed by atoms with Gasteiger partial charge in [-0.1, -0.05) is 23.5 Å². The van der Waals surface area contributed by atoms with Gasteiger partial charge < -0.3 is 24.6 Å². The first-order valence-electron chi connectivity index (χ1n) is 14.1. The molecule has 1 fully saturated rings. The van der Waals surface area contributed by atoms with E-state index >= 15 is 0 Å². The van der Waals surface area contributed by atoms with Gasteiger partial charge in [0.2, 0.25) is 5.91 Å². The van der Waals surface area contributed by atoms with E-state index in [-0.39, 0.29) is 37.6 Å². The Balaban J connectivity index is 1.50. The lowest BCUT2D eigenvalue weighted by Crippen LogP contribution is -2.47. The van der Waals surface area contributed by atoms with Crippen LogP contribution < -0.4 is 5.32 Å². The summed E-state index contributed by atoms with van der Waals surface area (Å²) in [6.07, 6.45) is -3.31. The number of aryl methyl sites for hydroxylation is 1. The first-order chi connectivity index (χ1) is 20.1. The first-order valence-corrected chi connectivity index (χ1v) is 14.9. The van der Waals surface area contributed by atoms with Gasteiger partial charge in [-0.05, 0) is 65.2 Å². The van der Waals surface area contributed by atoms with E-state index < -0.39 is 35.7 Å². The Labute approximate surface area is 253 Å². The van der Waals surface area contributed by atoms with Crippen LogP contribution in [0.25, 0.3) is 10.3 Å². The monoisotopic (exact) mass is 621 g/mol. The molecule has 1 aliphatic rings. The fourth-order valence-corrected chi connectivity index (χ4v) is 5.99. The molecule has 13 heteroatoms. The minimum Gasteiger partial charge on any atom is -0.444 e. The number of likely N-dealkylation sites (tertiary alicyclic amines) is 1. The number of amides is 2. The molecule has 1 aromatic carbocycles. The Morgan fingerprint density at radius 2 is 1.77 bits per heavy atom. The fourth-order valence-electron chi connectivity index (χ4n) is 5.22. The summed E-state index contributed by atoms with van der Waals surface area (Å²) in [6.45, 7) is 9.53. The van der Waals surface area contributed by atoms with Crippen LogP contribution in [0.15, 0.2) is 30.5 Å². The summed E-state index contributed by atoms with van der Waals surface area (Å²) >= 11 is 1.47. The predicted molar refractivity (Wildman–Crippen MR) is 159 cm³/mol. The van der Waals surface area contributed by atoms with Crippen molar-refractivity contribution in [2.75, 3.05) is 32.6 Å². The molecule has 1 aliphatic heterocycles. The lowest BCUT2D eigenvalue weighted by Gasteiger charge is -2.37. The van der Waals surface area contributed by atoms with Crippen molar-refractivity contribution in [3.05, 3.63) is 46.6 Å². The molecule has 2 amide bonds. The highest BCUT2D eigenvalue weighted by Gasteiger charge is 2.46. The van der Waals surface area contributed by atoms with Gasteiger partial charge in [-0.25, -0.2) is 14.8 Å². The third-order valence-electron chi connectivity index (χ3n) is 7.38. The summed E-state index contributed by atoms with van der Waals surface area (Å²) in [6, 6.07) is 3.70. The zero-order chi connectivity index (χ0) is 31.7. The number of nitrogens with one attached hydrogen (secondary N) is 1. The highest BCUT2D eigenvalue weighted by atomic mass is 32.1. The van der Waals surface area contributed by atoms with Gasteiger partial charge in [0.1, 0.15) is 15.9 Å². The molecule has 0 unspecified atom stereocenters. The summed E-state index contributed by atoms with van der Waals surface area (Å²) in [5, 5.41) is 4.10. The number of alkyl halides is 3. The number of piperidine rings is 1. The SMILES string of the molecule is CO[C@@H](C)c1c(Nc2ccc([C@H](N(C)C(=O)C3CCN(C(=O)OC(C)(C)C)CC3)C(F)(F)F)cc2)cnc2sc(C)nc12. The molecule has 0 spiro atoms. The van der Waals surface area contributed by atoms with Crippen molar-refractivity contribution in [1.29, 1.82) is 0 Å². The molecule has 0 saturated carbocycles. The number of thiazole rings is 1. The van der Waals surface area contributed by atoms with Crippen LogP contribution in [0.4, 0.5) is 29.3 Å². The second-order valence-corrected chi connectivity index (χ2v) is 12.9. The average molecular weight is 622 g/mol. The van der Waals surface area contributed by atoms with Crippen molar-refractivity contribution in [2.24, 2.45) is 5.92 Å². The number of hydrogen-bond acceptors (Lipinski definition) is 8. The molecule has 4 rings (SSSR count). The Hall–Kier alpha value is -3.45. The Bertz CT molecular complexity index is 1450. The van der Waals surface area contributed by atoms with E-state index in [1.807, 2.05) is 13.8 Å². The topological polar surface area (TPSA) is 96.9 Å². The minimum absolute atomic E-state index is 0.0609. The number of rotatable bonds is 7. The molecular formula is C30H38F3N5O4S. The van der Waals surface area contributed by atoms with E-state index in [0.717, 1.165) is 20.3 Å². The molecule has 2 aromatic heterocycles. The number of ether oxygens (including phenoxy) is 2. The Morgan fingerprint density at radius 1 is 1.14 bits per heavy atom. The number of methoxy groups -OCH3 is 1. The van der Waals surface area contributed by atoms with E-state index in [0.29, 0.717) is 16.9 Å². The summed E-state index contributed by atoms with van der Waals surface area (Å²) in [5.74, 6) is -1.24. The molecule has 234 valence electrons. The number of fused-ring (bicyclic) bond motifs is 1. The molecule has 0 radical (unpaired) electrons. The summed E-state index contributed by atoms with van der Waals surface area (Å²) in [7, 11) is 2.77. The highest BCUT2D eigenvalue weighted by molar-refractivity contribution is 7.18. The maximum Gasteiger partial charge on any atom is 0.413 e. The molecule has 9 nitrogen and oxygen atoms in total. The Kier molecular flexibility index (Phi) is 9.55. The van der Waals surface area contributed by atoms with Crippen molar-refractivity contribution in [1.82, 2.24) is 19.8 Å². The van der Waals surface area contributed by atoms with Crippen molar-refractivity contribution in [3.63, 3.8) is 0 Å². The van der Waals surface area contributed by atoms with Crippen LogP contribution in [-0.2, 0) is 14.3 Å². The molecule has 1 N–H and O–H groups in total. The lowest BCUT2D eigenvalue weighted by molar-refractivity contribution is -0.191. The quantitative estimate of drug-likeness (QED) is 0.299. The van der Waals surface area contributed by atoms with Crippen molar-refractivity contribution < 1.29 is 32.2 Å². The third kappa shape index (κ3) is 7.56. The molecular weight excluding hydrogens is 583 g/mol. The number of pyridine rings is 1. The normalized spacial score (nSPS) is 16.2. The zero-order valence-electron chi connectivity index (χ0n) is 25.4. The number of halogens is 3. The molecule has 3 heterocycles. The third-order valence-corrected chi connectivity index (χ3v) is 8.26. The number of benzene rings is 1. The first kappa shape index (κ1) is 32.5. The number of anilines is 2. The van der Waals surface area contributed by atoms with Crippen LogP contribution in [-0.4, -0.2) is 70.8 Å². The highest BCUT2D eigenvalue weighted by Crippen LogP contribution is 2.40. The van der Waals surface area contributed by atoms with Crippen molar-refractivity contribution in [3.8, 4) is 0 Å². The van der Waals surface area contributed by atoms with Gasteiger partial charge in [-0.2, -0.15) is 13.2 Å². The van der Waals surface area contributed by atoms with Gasteiger partial charge in [-0.15, -0.1) is 0 Å². The summed E-state index contributed by atoms with van der Waals surface area (Å²) in [4.78, 5) is 37.7. The average Bonchev–Trinajstić information content (AvgIpc) is 3.31. The van der Waals surface area contributed by atoms with E-state index in [4.69, 9.17) is 9.47 Å². The minimum atomic E-state index is -4.70. The number of carbonyl (C=O) groups excluding carboxylic acids is 2. The lowest BCUT2D eigenvalue weighted by atomic mass is 9.94. The van der Waals surface area contributed by atoms with E-state index in [2.05, 4.69) is 15.3 Å². The van der Waals surface area contributed by atoms with Gasteiger partial charge >= 0.3 is 12.3 Å². The second-order valence-electron chi connectivity index (χ2n) is 11.7. The molecule has 3 aromatic rings. The van der Waals surface area contributed by atoms with Gasteiger partial charge in [0.15, 0.2) is 6.04 Å². The van der Waals surface area contributed by atoms with Gasteiger partial charge in [-0.3, -0.25) is 4.79 Å². The van der Waals surface area contributed by atoms with Crippen molar-refractivity contribution in [2.45, 2.75) is 71.4 Å². The van der Waals surface area contributed by atoms with Gasteiger partial charge in [0, 0.05) is 44.4 Å². The number of nitrogens with zero attached hydrogens (tertiary/aromatic N) is 4. The van der Waals surface area contributed by atoms with Crippen molar-refractivity contribution >= 4 is 45.1 Å². The van der Waals surface area contributed by atoms with E-state index in [1.165, 1.54) is 35.4 Å². The largest absolute Gasteiger partial charge is 0.444 e. The molecule has 1 saturated heterocycles. The van der Waals surface area contributed by atoms with Gasteiger partial charge in [0.05, 0.1) is 23.0 Å². The zero-order valence-corrected chi connectivity index (χ0v) is 26.2. The van der Waals surface area contributed by atoms with Crippen LogP contribution in [0.3, 0.4) is 0 Å². The van der Waals surface area contributed by atoms with E-state index in [1.54, 1.807) is 46.2 Å². The number of carbonyl (C=O) groups is 2. The van der Waals surface area contributed by atoms with Crippen LogP contribution >= 0.6 is 11.3 Å². The maximum absolute atomic E-state index is 14.4. The van der Waals surface area contributed by atoms with Crippen LogP contribution in [0.2, 0.25) is 0 Å². The molecule has 2 atom stereocenters. The number of hydrogen-bond donors (Lipinski definition) is 1. The summed E-state index contributed by atoms with van der Waals surface area (Å²) in [5.41, 5.74) is 1.98. The predicted octanol–water partition coefficient (Wildman–Crippen LogP) is 7.16. The van der Waals surface area contributed by atoms with Gasteiger partial charge in [0.25, 0.3) is 0 Å². The smallest absolute Gasteiger partial charge is 0.413 e. The number of aromatic nitrogens is 2. The standard InChI is InChI=1S/C30H38F3N5O4S/c1-17(41-7)23-22(16-34-26-24(23)35-18(2)43-26)36-21-10-8-19(9-11-21)25(30(31,32)33)37(6)27(39)20-12-14-38(15-13-20)28(40)42-29(3,4)5/h8-11,16-17,20,25,36H,12-15H2,1-7H3/t17-,25-/m0/s1. The van der Waals surface area contributed by atoms with Crippen LogP contribution in [0.5, 0.6) is 0 Å². The summed E-state index contributed by atoms with van der Waals surface area (Å²) < 4.78 is 54.1. The fraction of sp³-hybridized carbons (Fsp3) is 0.533. The second kappa shape index (κ2) is 12.7. The van der Waals surface area contributed by atoms with Crippen LogP contribution in [0.1, 0.15) is 68.8 Å². The molecule has 0 bridgehead atoms.